The molecule has 2 aromatic heterocycles. The van der Waals surface area contributed by atoms with Crippen LogP contribution >= 0.6 is 46.7 Å². The molecule has 0 unspecified atom stereocenters. The number of nitrogens with zero attached hydrogens (tertiary/aromatic N) is 2. The maximum absolute atomic E-state index is 5.97. The molecule has 23 heavy (non-hydrogen) atoms. The quantitative estimate of drug-likeness (QED) is 0.346. The molecular weight excluding hydrogens is 439 g/mol. The molecule has 0 fully saturated rings. The van der Waals surface area contributed by atoms with Gasteiger partial charge in [0.2, 0.25) is 0 Å². The number of thiophene rings is 2. The van der Waals surface area contributed by atoms with Gasteiger partial charge in [-0.15, -0.1) is 46.7 Å². The Morgan fingerprint density at radius 2 is 1.09 bits per heavy atom. The second kappa shape index (κ2) is 8.23. The van der Waals surface area contributed by atoms with Crippen molar-refractivity contribution in [2.24, 2.45) is 21.5 Å². The first kappa shape index (κ1) is 17.6. The maximum Gasteiger partial charge on any atom is 0.141 e. The van der Waals surface area contributed by atoms with E-state index in [1.165, 1.54) is 0 Å². The van der Waals surface area contributed by atoms with Crippen molar-refractivity contribution in [1.82, 2.24) is 0 Å². The third-order valence-electron chi connectivity index (χ3n) is 2.90. The van der Waals surface area contributed by atoms with Gasteiger partial charge < -0.3 is 11.5 Å². The lowest BCUT2D eigenvalue weighted by Gasteiger charge is -2.00. The number of hydrogen-bond acceptors (Lipinski definition) is 4. The monoisotopic (exact) mass is 454 g/mol. The van der Waals surface area contributed by atoms with Crippen molar-refractivity contribution < 1.29 is 0 Å². The predicted octanol–water partition coefficient (Wildman–Crippen LogP) is 4.50. The van der Waals surface area contributed by atoms with Gasteiger partial charge in [0.05, 0.1) is 21.1 Å². The van der Waals surface area contributed by atoms with E-state index in [0.717, 1.165) is 21.1 Å². The first-order chi connectivity index (χ1) is 10.7. The maximum atomic E-state index is 5.97. The van der Waals surface area contributed by atoms with Crippen LogP contribution in [0.25, 0.3) is 0 Å². The Morgan fingerprint density at radius 3 is 1.39 bits per heavy atom. The molecule has 0 radical (unpaired) electrons. The fraction of sp³-hybridized carbons (Fsp3) is 0. The summed E-state index contributed by atoms with van der Waals surface area (Å²) < 4.78 is 0. The zero-order valence-corrected chi connectivity index (χ0v) is 16.0. The molecule has 0 aliphatic carbocycles. The molecule has 4 N–H and O–H groups in total. The van der Waals surface area contributed by atoms with Gasteiger partial charge in [0, 0.05) is 0 Å². The van der Waals surface area contributed by atoms with Gasteiger partial charge in [-0.2, -0.15) is 0 Å². The van der Waals surface area contributed by atoms with E-state index in [1.54, 1.807) is 22.7 Å². The highest BCUT2D eigenvalue weighted by Gasteiger charge is 2.01. The molecule has 7 heteroatoms. The van der Waals surface area contributed by atoms with Crippen molar-refractivity contribution in [1.29, 1.82) is 0 Å². The number of rotatable bonds is 4. The Hall–Kier alpha value is -1.71. The van der Waals surface area contributed by atoms with Gasteiger partial charge in [0.25, 0.3) is 0 Å². The SMILES string of the molecule is I.NC(=Nc1ccc(N=C(N)c2cccs2)cc1)c1cccs1. The van der Waals surface area contributed by atoms with Gasteiger partial charge in [0.1, 0.15) is 11.7 Å². The standard InChI is InChI=1S/C16H14N4S2.HI/c17-15(13-3-1-9-21-13)19-11-5-7-12(8-6-11)20-16(18)14-4-2-10-22-14;/h1-10H,(H2,17,19)(H2,18,20);1H. The molecule has 0 spiro atoms. The average Bonchev–Trinajstić information content (AvgIpc) is 3.23. The van der Waals surface area contributed by atoms with Crippen molar-refractivity contribution in [3.63, 3.8) is 0 Å². The Kier molecular flexibility index (Phi) is 6.31. The molecule has 4 nitrogen and oxygen atoms in total. The van der Waals surface area contributed by atoms with Crippen LogP contribution in [-0.2, 0) is 0 Å². The summed E-state index contributed by atoms with van der Waals surface area (Å²) >= 11 is 3.13. The summed E-state index contributed by atoms with van der Waals surface area (Å²) in [6.45, 7) is 0. The zero-order valence-electron chi connectivity index (χ0n) is 12.0. The van der Waals surface area contributed by atoms with E-state index in [9.17, 15) is 0 Å². The molecule has 0 aliphatic rings. The second-order valence-electron chi connectivity index (χ2n) is 4.47. The highest BCUT2D eigenvalue weighted by Crippen LogP contribution is 2.21. The van der Waals surface area contributed by atoms with Crippen LogP contribution in [0.5, 0.6) is 0 Å². The normalized spacial score (nSPS) is 12.0. The zero-order chi connectivity index (χ0) is 15.4. The second-order valence-corrected chi connectivity index (χ2v) is 6.36. The Morgan fingerprint density at radius 1 is 0.696 bits per heavy atom. The van der Waals surface area contributed by atoms with Crippen LogP contribution < -0.4 is 11.5 Å². The molecule has 0 atom stereocenters. The van der Waals surface area contributed by atoms with E-state index in [0.29, 0.717) is 11.7 Å². The van der Waals surface area contributed by atoms with Gasteiger partial charge in [-0.3, -0.25) is 0 Å². The number of nitrogens with two attached hydrogens (primary N) is 2. The summed E-state index contributed by atoms with van der Waals surface area (Å²) in [5.41, 5.74) is 13.5. The van der Waals surface area contributed by atoms with Crippen molar-refractivity contribution in [2.45, 2.75) is 0 Å². The lowest BCUT2D eigenvalue weighted by atomic mass is 10.3. The summed E-state index contributed by atoms with van der Waals surface area (Å²) in [6, 6.07) is 15.3. The fourth-order valence-electron chi connectivity index (χ4n) is 1.84. The van der Waals surface area contributed by atoms with Crippen molar-refractivity contribution >= 4 is 69.7 Å². The molecule has 118 valence electrons. The molecule has 0 saturated heterocycles. The largest absolute Gasteiger partial charge is 0.383 e. The first-order valence-electron chi connectivity index (χ1n) is 6.58. The van der Waals surface area contributed by atoms with Crippen LogP contribution in [-0.4, -0.2) is 11.7 Å². The van der Waals surface area contributed by atoms with Crippen LogP contribution in [0.4, 0.5) is 11.4 Å². The summed E-state index contributed by atoms with van der Waals surface area (Å²) in [4.78, 5) is 10.7. The lowest BCUT2D eigenvalue weighted by molar-refractivity contribution is 1.43. The average molecular weight is 454 g/mol. The number of amidine groups is 2. The Labute approximate surface area is 159 Å². The highest BCUT2D eigenvalue weighted by molar-refractivity contribution is 14.0. The molecule has 0 bridgehead atoms. The molecule has 2 heterocycles. The minimum absolute atomic E-state index is 0. The lowest BCUT2D eigenvalue weighted by Crippen LogP contribution is -2.10. The van der Waals surface area contributed by atoms with Gasteiger partial charge in [0.15, 0.2) is 0 Å². The molecular formula is C16H15IN4S2. The Bertz CT molecular complexity index is 722. The summed E-state index contributed by atoms with van der Waals surface area (Å²) in [7, 11) is 0. The van der Waals surface area contributed by atoms with Crippen LogP contribution in [0.15, 0.2) is 69.3 Å². The number of halogens is 1. The van der Waals surface area contributed by atoms with Gasteiger partial charge >= 0.3 is 0 Å². The van der Waals surface area contributed by atoms with E-state index < -0.39 is 0 Å². The molecule has 3 rings (SSSR count). The first-order valence-corrected chi connectivity index (χ1v) is 8.34. The van der Waals surface area contributed by atoms with Crippen LogP contribution in [0.1, 0.15) is 9.75 Å². The van der Waals surface area contributed by atoms with Gasteiger partial charge in [-0.25, -0.2) is 9.98 Å². The van der Waals surface area contributed by atoms with E-state index in [1.807, 2.05) is 59.3 Å². The van der Waals surface area contributed by atoms with Crippen LogP contribution in [0.2, 0.25) is 0 Å². The third-order valence-corrected chi connectivity index (χ3v) is 4.68. The molecule has 3 aromatic rings. The van der Waals surface area contributed by atoms with Gasteiger partial charge in [-0.1, -0.05) is 12.1 Å². The van der Waals surface area contributed by atoms with Crippen molar-refractivity contribution in [3.05, 3.63) is 69.0 Å². The number of hydrogen-bond donors (Lipinski definition) is 2. The molecule has 0 amide bonds. The van der Waals surface area contributed by atoms with Crippen LogP contribution in [0, 0.1) is 0 Å². The summed E-state index contributed by atoms with van der Waals surface area (Å²) in [6.07, 6.45) is 0. The van der Waals surface area contributed by atoms with E-state index in [2.05, 4.69) is 9.98 Å². The Balaban J connectivity index is 0.00000192. The number of aliphatic imine (C=N–C) groups is 2. The van der Waals surface area contributed by atoms with Crippen molar-refractivity contribution in [2.75, 3.05) is 0 Å². The summed E-state index contributed by atoms with van der Waals surface area (Å²) in [5, 5.41) is 3.95. The van der Waals surface area contributed by atoms with E-state index in [4.69, 9.17) is 11.5 Å². The number of benzene rings is 1. The minimum Gasteiger partial charge on any atom is -0.383 e. The minimum atomic E-state index is 0. The van der Waals surface area contributed by atoms with E-state index in [-0.39, 0.29) is 24.0 Å². The topological polar surface area (TPSA) is 76.8 Å². The third kappa shape index (κ3) is 4.63. The molecule has 0 saturated carbocycles. The molecule has 0 aliphatic heterocycles. The smallest absolute Gasteiger partial charge is 0.141 e. The fourth-order valence-corrected chi connectivity index (χ4v) is 3.09. The predicted molar refractivity (Wildman–Crippen MR) is 111 cm³/mol. The van der Waals surface area contributed by atoms with Gasteiger partial charge in [-0.05, 0) is 47.2 Å². The highest BCUT2D eigenvalue weighted by atomic mass is 127. The van der Waals surface area contributed by atoms with Crippen molar-refractivity contribution in [3.8, 4) is 0 Å². The van der Waals surface area contributed by atoms with Crippen LogP contribution in [0.3, 0.4) is 0 Å². The molecule has 1 aromatic carbocycles. The van der Waals surface area contributed by atoms with E-state index >= 15 is 0 Å². The summed E-state index contributed by atoms with van der Waals surface area (Å²) in [5.74, 6) is 1.04.